The van der Waals surface area contributed by atoms with Crippen molar-refractivity contribution in [1.29, 1.82) is 0 Å². The Morgan fingerprint density at radius 1 is 1.08 bits per heavy atom. The second-order valence-electron chi connectivity index (χ2n) is 6.33. The molecule has 0 saturated carbocycles. The second kappa shape index (κ2) is 6.80. The van der Waals surface area contributed by atoms with Crippen LogP contribution in [0.15, 0.2) is 36.4 Å². The summed E-state index contributed by atoms with van der Waals surface area (Å²) < 4.78 is 0. The third-order valence-corrected chi connectivity index (χ3v) is 5.41. The number of urea groups is 1. The van der Waals surface area contributed by atoms with Crippen LogP contribution in [-0.2, 0) is 0 Å². The van der Waals surface area contributed by atoms with Gasteiger partial charge in [-0.05, 0) is 43.9 Å². The molecule has 3 heterocycles. The van der Waals surface area contributed by atoms with Crippen molar-refractivity contribution >= 4 is 32.8 Å². The normalized spacial score (nSPS) is 14.7. The number of aromatic nitrogens is 2. The number of piperidine rings is 1. The largest absolute Gasteiger partial charge is 0.324 e. The maximum atomic E-state index is 12.3. The number of carbonyl (C=O) groups is 1. The molecule has 25 heavy (non-hydrogen) atoms. The maximum Gasteiger partial charge on any atom is 0.323 e. The van der Waals surface area contributed by atoms with Crippen molar-refractivity contribution < 1.29 is 4.79 Å². The summed E-state index contributed by atoms with van der Waals surface area (Å²) in [5, 5.41) is 3.54. The summed E-state index contributed by atoms with van der Waals surface area (Å²) in [4.78, 5) is 24.3. The van der Waals surface area contributed by atoms with E-state index in [1.165, 1.54) is 23.3 Å². The predicted octanol–water partition coefficient (Wildman–Crippen LogP) is 4.68. The summed E-state index contributed by atoms with van der Waals surface area (Å²) in [6, 6.07) is 12.1. The van der Waals surface area contributed by atoms with E-state index in [0.717, 1.165) is 47.5 Å². The van der Waals surface area contributed by atoms with E-state index >= 15 is 0 Å². The molecule has 0 spiro atoms. The van der Waals surface area contributed by atoms with Gasteiger partial charge in [-0.3, -0.25) is 5.32 Å². The van der Waals surface area contributed by atoms with Crippen LogP contribution in [0.2, 0.25) is 0 Å². The minimum atomic E-state index is -0.0575. The lowest BCUT2D eigenvalue weighted by Crippen LogP contribution is -2.38. The number of benzene rings is 1. The molecule has 1 saturated heterocycles. The standard InChI is InChI=1S/C19H20N4OS/c1-13-7-3-4-8-14(13)15-9-10-16-17(20-15)25-18(21-16)22-19(24)23-11-5-2-6-12-23/h3-4,7-10H,2,5-6,11-12H2,1H3,(H,21,22,24). The van der Waals surface area contributed by atoms with Gasteiger partial charge in [0.05, 0.1) is 5.69 Å². The molecular weight excluding hydrogens is 332 g/mol. The first kappa shape index (κ1) is 16.0. The number of nitrogens with one attached hydrogen (secondary N) is 1. The van der Waals surface area contributed by atoms with Gasteiger partial charge in [-0.15, -0.1) is 0 Å². The summed E-state index contributed by atoms with van der Waals surface area (Å²) in [6.45, 7) is 3.73. The summed E-state index contributed by atoms with van der Waals surface area (Å²) in [7, 11) is 0. The highest BCUT2D eigenvalue weighted by Crippen LogP contribution is 2.29. The molecule has 4 rings (SSSR count). The fourth-order valence-corrected chi connectivity index (χ4v) is 3.98. The number of anilines is 1. The van der Waals surface area contributed by atoms with E-state index < -0.39 is 0 Å². The van der Waals surface area contributed by atoms with Crippen LogP contribution in [0.1, 0.15) is 24.8 Å². The van der Waals surface area contributed by atoms with Crippen molar-refractivity contribution in [2.75, 3.05) is 18.4 Å². The molecule has 1 aromatic carbocycles. The van der Waals surface area contributed by atoms with E-state index in [4.69, 9.17) is 4.98 Å². The average Bonchev–Trinajstić information content (AvgIpc) is 3.04. The van der Waals surface area contributed by atoms with Gasteiger partial charge in [-0.25, -0.2) is 14.8 Å². The van der Waals surface area contributed by atoms with Gasteiger partial charge in [0, 0.05) is 18.7 Å². The number of nitrogens with zero attached hydrogens (tertiary/aromatic N) is 3. The lowest BCUT2D eigenvalue weighted by atomic mass is 10.1. The van der Waals surface area contributed by atoms with E-state index in [9.17, 15) is 4.79 Å². The highest BCUT2D eigenvalue weighted by molar-refractivity contribution is 7.21. The predicted molar refractivity (Wildman–Crippen MR) is 102 cm³/mol. The minimum absolute atomic E-state index is 0.0575. The third kappa shape index (κ3) is 3.35. The number of likely N-dealkylation sites (tertiary alicyclic amines) is 1. The van der Waals surface area contributed by atoms with Gasteiger partial charge in [0.1, 0.15) is 10.3 Å². The molecule has 2 aromatic heterocycles. The lowest BCUT2D eigenvalue weighted by molar-refractivity contribution is 0.200. The zero-order chi connectivity index (χ0) is 17.2. The zero-order valence-electron chi connectivity index (χ0n) is 14.2. The maximum absolute atomic E-state index is 12.3. The van der Waals surface area contributed by atoms with Crippen LogP contribution >= 0.6 is 11.3 Å². The van der Waals surface area contributed by atoms with E-state index in [1.54, 1.807) is 0 Å². The summed E-state index contributed by atoms with van der Waals surface area (Å²) in [5.74, 6) is 0. The Balaban J connectivity index is 1.58. The Labute approximate surface area is 150 Å². The molecule has 0 unspecified atom stereocenters. The van der Waals surface area contributed by atoms with Gasteiger partial charge < -0.3 is 4.90 Å². The second-order valence-corrected chi connectivity index (χ2v) is 7.31. The van der Waals surface area contributed by atoms with Crippen molar-refractivity contribution in [2.24, 2.45) is 0 Å². The van der Waals surface area contributed by atoms with Gasteiger partial charge >= 0.3 is 6.03 Å². The molecule has 1 aliphatic rings. The highest BCUT2D eigenvalue weighted by Gasteiger charge is 2.18. The summed E-state index contributed by atoms with van der Waals surface area (Å²) >= 11 is 1.42. The van der Waals surface area contributed by atoms with Crippen molar-refractivity contribution in [2.45, 2.75) is 26.2 Å². The first-order valence-electron chi connectivity index (χ1n) is 8.60. The van der Waals surface area contributed by atoms with Crippen LogP contribution < -0.4 is 5.32 Å². The topological polar surface area (TPSA) is 58.1 Å². The van der Waals surface area contributed by atoms with E-state index in [2.05, 4.69) is 29.4 Å². The molecule has 128 valence electrons. The third-order valence-electron chi connectivity index (χ3n) is 4.53. The fraction of sp³-hybridized carbons (Fsp3) is 0.316. The van der Waals surface area contributed by atoms with E-state index in [0.29, 0.717) is 5.13 Å². The smallest absolute Gasteiger partial charge is 0.323 e. The van der Waals surface area contributed by atoms with Gasteiger partial charge in [0.2, 0.25) is 0 Å². The van der Waals surface area contributed by atoms with Gasteiger partial charge in [0.15, 0.2) is 5.13 Å². The number of carbonyl (C=O) groups excluding carboxylic acids is 1. The van der Waals surface area contributed by atoms with Gasteiger partial charge in [0.25, 0.3) is 0 Å². The Bertz CT molecular complexity index is 915. The Morgan fingerprint density at radius 2 is 1.88 bits per heavy atom. The van der Waals surface area contributed by atoms with Crippen molar-refractivity contribution in [3.63, 3.8) is 0 Å². The number of aryl methyl sites for hydroxylation is 1. The summed E-state index contributed by atoms with van der Waals surface area (Å²) in [6.07, 6.45) is 3.36. The van der Waals surface area contributed by atoms with Crippen LogP contribution in [0.25, 0.3) is 21.6 Å². The Kier molecular flexibility index (Phi) is 4.36. The Morgan fingerprint density at radius 3 is 2.68 bits per heavy atom. The molecule has 0 atom stereocenters. The first-order valence-corrected chi connectivity index (χ1v) is 9.42. The average molecular weight is 352 g/mol. The van der Waals surface area contributed by atoms with E-state index in [1.807, 2.05) is 29.2 Å². The number of thiazole rings is 1. The molecule has 0 bridgehead atoms. The van der Waals surface area contributed by atoms with Crippen molar-refractivity contribution in [3.05, 3.63) is 42.0 Å². The number of rotatable bonds is 2. The van der Waals surface area contributed by atoms with Crippen LogP contribution in [0.3, 0.4) is 0 Å². The molecule has 5 nitrogen and oxygen atoms in total. The van der Waals surface area contributed by atoms with Gasteiger partial charge in [-0.2, -0.15) is 0 Å². The fourth-order valence-electron chi connectivity index (χ4n) is 3.15. The molecule has 0 radical (unpaired) electrons. The van der Waals surface area contributed by atoms with E-state index in [-0.39, 0.29) is 6.03 Å². The number of hydrogen-bond acceptors (Lipinski definition) is 4. The molecule has 1 N–H and O–H groups in total. The monoisotopic (exact) mass is 352 g/mol. The molecule has 1 aliphatic heterocycles. The Hall–Kier alpha value is -2.47. The SMILES string of the molecule is Cc1ccccc1-c1ccc2nc(NC(=O)N3CCCCC3)sc2n1. The van der Waals surface area contributed by atoms with Crippen LogP contribution in [-0.4, -0.2) is 34.0 Å². The molecule has 6 heteroatoms. The molecular formula is C19H20N4OS. The number of hydrogen-bond donors (Lipinski definition) is 1. The number of amides is 2. The van der Waals surface area contributed by atoms with Crippen LogP contribution in [0, 0.1) is 6.92 Å². The lowest BCUT2D eigenvalue weighted by Gasteiger charge is -2.26. The number of fused-ring (bicyclic) bond motifs is 1. The van der Waals surface area contributed by atoms with Crippen molar-refractivity contribution in [3.8, 4) is 11.3 Å². The van der Waals surface area contributed by atoms with Crippen LogP contribution in [0.4, 0.5) is 9.93 Å². The molecule has 2 amide bonds. The minimum Gasteiger partial charge on any atom is -0.324 e. The molecule has 1 fully saturated rings. The highest BCUT2D eigenvalue weighted by atomic mass is 32.1. The first-order chi connectivity index (χ1) is 12.2. The zero-order valence-corrected chi connectivity index (χ0v) is 15.0. The molecule has 3 aromatic rings. The van der Waals surface area contributed by atoms with Gasteiger partial charge in [-0.1, -0.05) is 35.6 Å². The number of pyridine rings is 1. The van der Waals surface area contributed by atoms with Crippen molar-refractivity contribution in [1.82, 2.24) is 14.9 Å². The summed E-state index contributed by atoms with van der Waals surface area (Å²) in [5.41, 5.74) is 4.06. The quantitative estimate of drug-likeness (QED) is 0.728. The van der Waals surface area contributed by atoms with Crippen LogP contribution in [0.5, 0.6) is 0 Å². The molecule has 0 aliphatic carbocycles.